The van der Waals surface area contributed by atoms with Crippen LogP contribution in [0.2, 0.25) is 5.15 Å². The van der Waals surface area contributed by atoms with E-state index < -0.39 is 28.0 Å². The van der Waals surface area contributed by atoms with Crippen LogP contribution in [-0.4, -0.2) is 37.9 Å². The first-order valence-corrected chi connectivity index (χ1v) is 11.9. The second-order valence-corrected chi connectivity index (χ2v) is 9.58. The van der Waals surface area contributed by atoms with Gasteiger partial charge in [-0.3, -0.25) is 9.10 Å². The van der Waals surface area contributed by atoms with Crippen molar-refractivity contribution in [2.45, 2.75) is 24.3 Å². The summed E-state index contributed by atoms with van der Waals surface area (Å²) in [6.45, 7) is 1.73. The molecule has 0 bridgehead atoms. The third-order valence-corrected chi connectivity index (χ3v) is 7.28. The maximum absolute atomic E-state index is 13.2. The van der Waals surface area contributed by atoms with Crippen molar-refractivity contribution in [2.24, 2.45) is 0 Å². The quantitative estimate of drug-likeness (QED) is 0.422. The van der Waals surface area contributed by atoms with Crippen LogP contribution in [-0.2, 0) is 26.0 Å². The third kappa shape index (κ3) is 4.69. The summed E-state index contributed by atoms with van der Waals surface area (Å²) in [6.07, 6.45) is 0.938. The molecule has 2 aromatic carbocycles. The lowest BCUT2D eigenvalue weighted by atomic mass is 10.2. The number of halogens is 1. The van der Waals surface area contributed by atoms with E-state index in [1.54, 1.807) is 24.3 Å². The van der Waals surface area contributed by atoms with E-state index in [1.165, 1.54) is 41.7 Å². The van der Waals surface area contributed by atoms with Crippen LogP contribution < -0.4 is 9.62 Å². The summed E-state index contributed by atoms with van der Waals surface area (Å²) in [5, 5.41) is 2.64. The molecule has 0 fully saturated rings. The molecule has 170 valence electrons. The molecule has 1 aliphatic heterocycles. The fourth-order valence-corrected chi connectivity index (χ4v) is 5.18. The smallest absolute Gasteiger partial charge is 0.338 e. The van der Waals surface area contributed by atoms with Gasteiger partial charge in [0.25, 0.3) is 15.9 Å². The van der Waals surface area contributed by atoms with Crippen molar-refractivity contribution in [1.29, 1.82) is 0 Å². The van der Waals surface area contributed by atoms with Crippen molar-refractivity contribution in [3.05, 3.63) is 83.1 Å². The Balaban J connectivity index is 1.49. The molecule has 1 aromatic heterocycles. The minimum atomic E-state index is -3.87. The van der Waals surface area contributed by atoms with Crippen molar-refractivity contribution in [2.75, 3.05) is 16.2 Å². The Morgan fingerprint density at radius 3 is 2.70 bits per heavy atom. The molecule has 8 nitrogen and oxygen atoms in total. The highest BCUT2D eigenvalue weighted by Crippen LogP contribution is 2.32. The number of hydrogen-bond acceptors (Lipinski definition) is 6. The molecule has 33 heavy (non-hydrogen) atoms. The maximum atomic E-state index is 13.2. The molecular weight excluding hydrogens is 466 g/mol. The number of sulfonamides is 1. The number of esters is 1. The van der Waals surface area contributed by atoms with Crippen molar-refractivity contribution in [3.8, 4) is 0 Å². The Bertz CT molecular complexity index is 1330. The number of anilines is 2. The SMILES string of the molecule is CC(OC(=O)c1cccc(S(=O)(=O)N2CCc3ccccc32)c1)C(=O)Nc1cccnc1Cl. The fourth-order valence-electron chi connectivity index (χ4n) is 3.46. The van der Waals surface area contributed by atoms with E-state index in [9.17, 15) is 18.0 Å². The lowest BCUT2D eigenvalue weighted by molar-refractivity contribution is -0.123. The van der Waals surface area contributed by atoms with Gasteiger partial charge in [0.2, 0.25) is 0 Å². The van der Waals surface area contributed by atoms with Gasteiger partial charge < -0.3 is 10.1 Å². The van der Waals surface area contributed by atoms with Crippen molar-refractivity contribution in [3.63, 3.8) is 0 Å². The third-order valence-electron chi connectivity index (χ3n) is 5.17. The number of para-hydroxylation sites is 1. The topological polar surface area (TPSA) is 106 Å². The predicted octanol–water partition coefficient (Wildman–Crippen LogP) is 3.67. The molecule has 3 aromatic rings. The molecule has 0 spiro atoms. The van der Waals surface area contributed by atoms with E-state index in [4.69, 9.17) is 16.3 Å². The highest BCUT2D eigenvalue weighted by Gasteiger charge is 2.31. The number of carbonyl (C=O) groups is 2. The summed E-state index contributed by atoms with van der Waals surface area (Å²) in [6, 6.07) is 16.0. The summed E-state index contributed by atoms with van der Waals surface area (Å²) in [4.78, 5) is 28.8. The van der Waals surface area contributed by atoms with Gasteiger partial charge in [0.1, 0.15) is 0 Å². The van der Waals surface area contributed by atoms with E-state index >= 15 is 0 Å². The van der Waals surface area contributed by atoms with Gasteiger partial charge in [-0.1, -0.05) is 35.9 Å². The van der Waals surface area contributed by atoms with Gasteiger partial charge in [0.15, 0.2) is 11.3 Å². The normalized spacial score (nSPS) is 13.8. The van der Waals surface area contributed by atoms with Gasteiger partial charge in [-0.25, -0.2) is 18.2 Å². The molecule has 1 amide bonds. The van der Waals surface area contributed by atoms with Crippen LogP contribution in [0.1, 0.15) is 22.8 Å². The van der Waals surface area contributed by atoms with Crippen LogP contribution in [0.5, 0.6) is 0 Å². The Kier molecular flexibility index (Phi) is 6.35. The molecule has 0 aliphatic carbocycles. The molecule has 1 unspecified atom stereocenters. The second kappa shape index (κ2) is 9.21. The van der Waals surface area contributed by atoms with E-state index in [1.807, 2.05) is 12.1 Å². The van der Waals surface area contributed by atoms with Crippen LogP contribution in [0.3, 0.4) is 0 Å². The van der Waals surface area contributed by atoms with E-state index in [0.717, 1.165) is 5.56 Å². The number of benzene rings is 2. The monoisotopic (exact) mass is 485 g/mol. The molecule has 0 saturated heterocycles. The van der Waals surface area contributed by atoms with Gasteiger partial charge in [-0.2, -0.15) is 0 Å². The molecule has 1 atom stereocenters. The number of carbonyl (C=O) groups excluding carboxylic acids is 2. The number of rotatable bonds is 6. The van der Waals surface area contributed by atoms with Crippen LogP contribution >= 0.6 is 11.6 Å². The summed E-state index contributed by atoms with van der Waals surface area (Å²) >= 11 is 5.93. The number of hydrogen-bond donors (Lipinski definition) is 1. The lowest BCUT2D eigenvalue weighted by Crippen LogP contribution is -2.31. The van der Waals surface area contributed by atoms with E-state index in [2.05, 4.69) is 10.3 Å². The number of pyridine rings is 1. The summed E-state index contributed by atoms with van der Waals surface area (Å²) < 4.78 is 33.0. The molecule has 2 heterocycles. The number of amides is 1. The summed E-state index contributed by atoms with van der Waals surface area (Å²) in [7, 11) is -3.87. The average molecular weight is 486 g/mol. The molecule has 0 radical (unpaired) electrons. The first-order chi connectivity index (χ1) is 15.8. The van der Waals surface area contributed by atoms with Gasteiger partial charge in [0, 0.05) is 12.7 Å². The number of ether oxygens (including phenoxy) is 1. The molecule has 10 heteroatoms. The Morgan fingerprint density at radius 1 is 1.12 bits per heavy atom. The van der Waals surface area contributed by atoms with Gasteiger partial charge in [0.05, 0.1) is 21.8 Å². The zero-order valence-corrected chi connectivity index (χ0v) is 19.1. The lowest BCUT2D eigenvalue weighted by Gasteiger charge is -2.20. The Labute approximate surface area is 196 Å². The van der Waals surface area contributed by atoms with Crippen LogP contribution in [0.25, 0.3) is 0 Å². The number of nitrogens with one attached hydrogen (secondary N) is 1. The maximum Gasteiger partial charge on any atom is 0.338 e. The molecule has 1 aliphatic rings. The van der Waals surface area contributed by atoms with E-state index in [0.29, 0.717) is 18.7 Å². The molecule has 4 rings (SSSR count). The number of aromatic nitrogens is 1. The van der Waals surface area contributed by atoms with Crippen LogP contribution in [0, 0.1) is 0 Å². The summed E-state index contributed by atoms with van der Waals surface area (Å²) in [5.41, 5.74) is 1.88. The first-order valence-electron chi connectivity index (χ1n) is 10.1. The zero-order chi connectivity index (χ0) is 23.6. The summed E-state index contributed by atoms with van der Waals surface area (Å²) in [5.74, 6) is -1.43. The largest absolute Gasteiger partial charge is 0.449 e. The Hall–Kier alpha value is -3.43. The Morgan fingerprint density at radius 2 is 1.91 bits per heavy atom. The standard InChI is InChI=1S/C23H20ClN3O5S/c1-15(22(28)26-19-9-5-12-25-21(19)24)32-23(29)17-7-4-8-18(14-17)33(30,31)27-13-11-16-6-2-3-10-20(16)27/h2-10,12,14-15H,11,13H2,1H3,(H,26,28). The minimum absolute atomic E-state index is 0.0163. The van der Waals surface area contributed by atoms with Crippen molar-refractivity contribution < 1.29 is 22.7 Å². The number of nitrogens with zero attached hydrogens (tertiary/aromatic N) is 2. The van der Waals surface area contributed by atoms with Gasteiger partial charge in [-0.15, -0.1) is 0 Å². The zero-order valence-electron chi connectivity index (χ0n) is 17.6. The minimum Gasteiger partial charge on any atom is -0.449 e. The molecular formula is C23H20ClN3O5S. The van der Waals surface area contributed by atoms with Crippen LogP contribution in [0.4, 0.5) is 11.4 Å². The average Bonchev–Trinajstić information content (AvgIpc) is 3.25. The van der Waals surface area contributed by atoms with Crippen molar-refractivity contribution >= 4 is 44.9 Å². The highest BCUT2D eigenvalue weighted by molar-refractivity contribution is 7.92. The fraction of sp³-hybridized carbons (Fsp3) is 0.174. The predicted molar refractivity (Wildman–Crippen MR) is 124 cm³/mol. The van der Waals surface area contributed by atoms with Crippen molar-refractivity contribution in [1.82, 2.24) is 4.98 Å². The second-order valence-electron chi connectivity index (χ2n) is 7.36. The molecule has 0 saturated carbocycles. The van der Waals surface area contributed by atoms with Gasteiger partial charge >= 0.3 is 5.97 Å². The van der Waals surface area contributed by atoms with Gasteiger partial charge in [-0.05, 0) is 55.3 Å². The molecule has 1 N–H and O–H groups in total. The van der Waals surface area contributed by atoms with E-state index in [-0.39, 0.29) is 21.3 Å². The first kappa shape index (κ1) is 22.8. The van der Waals surface area contributed by atoms with Crippen LogP contribution in [0.15, 0.2) is 71.8 Å². The highest BCUT2D eigenvalue weighted by atomic mass is 35.5. The number of fused-ring (bicyclic) bond motifs is 1.